The van der Waals surface area contributed by atoms with Crippen LogP contribution in [0.5, 0.6) is 5.75 Å². The Morgan fingerprint density at radius 1 is 1.29 bits per heavy atom. The van der Waals surface area contributed by atoms with Gasteiger partial charge in [0.2, 0.25) is 0 Å². The van der Waals surface area contributed by atoms with Crippen molar-refractivity contribution in [3.63, 3.8) is 0 Å². The molecule has 2 unspecified atom stereocenters. The van der Waals surface area contributed by atoms with Gasteiger partial charge in [0.05, 0.1) is 12.7 Å². The number of aliphatic hydroxyl groups excluding tert-OH is 1. The average Bonchev–Trinajstić information content (AvgIpc) is 2.41. The molecule has 6 nitrogen and oxygen atoms in total. The third-order valence-electron chi connectivity index (χ3n) is 2.71. The maximum atomic E-state index is 12.0. The quantitative estimate of drug-likeness (QED) is 0.704. The van der Waals surface area contributed by atoms with Gasteiger partial charge < -0.3 is 20.3 Å². The van der Waals surface area contributed by atoms with E-state index in [-0.39, 0.29) is 5.56 Å². The van der Waals surface area contributed by atoms with Gasteiger partial charge in [0, 0.05) is 5.56 Å². The Bertz CT molecular complexity index is 499. The first kappa shape index (κ1) is 17.0. The number of benzene rings is 1. The number of rotatable bonds is 7. The highest BCUT2D eigenvalue weighted by atomic mass is 16.5. The van der Waals surface area contributed by atoms with Crippen LogP contribution in [0, 0.1) is 5.92 Å². The number of carbonyl (C=O) groups is 2. The fourth-order valence-electron chi connectivity index (χ4n) is 1.60. The SMILES string of the molecule is CC(C)COc1cccc(C(=O)NC(C(=O)O)C(C)O)c1. The third-order valence-corrected chi connectivity index (χ3v) is 2.71. The topological polar surface area (TPSA) is 95.9 Å². The fourth-order valence-corrected chi connectivity index (χ4v) is 1.60. The Morgan fingerprint density at radius 2 is 1.95 bits per heavy atom. The van der Waals surface area contributed by atoms with Crippen LogP contribution in [0.2, 0.25) is 0 Å². The predicted octanol–water partition coefficient (Wildman–Crippen LogP) is 1.29. The second-order valence-corrected chi connectivity index (χ2v) is 5.26. The van der Waals surface area contributed by atoms with Gasteiger partial charge in [0.1, 0.15) is 5.75 Å². The molecule has 0 aliphatic rings. The Labute approximate surface area is 123 Å². The first-order valence-corrected chi connectivity index (χ1v) is 6.76. The van der Waals surface area contributed by atoms with Crippen LogP contribution in [0.15, 0.2) is 24.3 Å². The van der Waals surface area contributed by atoms with Crippen LogP contribution in [0.3, 0.4) is 0 Å². The lowest BCUT2D eigenvalue weighted by molar-refractivity contribution is -0.141. The molecule has 0 saturated heterocycles. The summed E-state index contributed by atoms with van der Waals surface area (Å²) in [5, 5.41) is 20.6. The molecular weight excluding hydrogens is 274 g/mol. The summed E-state index contributed by atoms with van der Waals surface area (Å²) in [5.74, 6) is -0.960. The van der Waals surface area contributed by atoms with E-state index >= 15 is 0 Å². The van der Waals surface area contributed by atoms with Crippen LogP contribution >= 0.6 is 0 Å². The molecule has 1 aromatic rings. The molecule has 21 heavy (non-hydrogen) atoms. The summed E-state index contributed by atoms with van der Waals surface area (Å²) >= 11 is 0. The number of aliphatic carboxylic acids is 1. The number of amides is 1. The average molecular weight is 295 g/mol. The van der Waals surface area contributed by atoms with Gasteiger partial charge >= 0.3 is 5.97 Å². The van der Waals surface area contributed by atoms with Crippen molar-refractivity contribution in [2.24, 2.45) is 5.92 Å². The molecule has 0 bridgehead atoms. The zero-order chi connectivity index (χ0) is 16.0. The molecule has 0 spiro atoms. The molecule has 3 N–H and O–H groups in total. The second-order valence-electron chi connectivity index (χ2n) is 5.26. The Hall–Kier alpha value is -2.08. The molecule has 2 atom stereocenters. The van der Waals surface area contributed by atoms with Gasteiger partial charge in [0.15, 0.2) is 6.04 Å². The van der Waals surface area contributed by atoms with E-state index in [1.54, 1.807) is 24.3 Å². The molecule has 0 radical (unpaired) electrons. The number of hydrogen-bond donors (Lipinski definition) is 3. The van der Waals surface area contributed by atoms with E-state index in [9.17, 15) is 14.7 Å². The van der Waals surface area contributed by atoms with E-state index in [1.165, 1.54) is 6.92 Å². The smallest absolute Gasteiger partial charge is 0.328 e. The molecule has 116 valence electrons. The minimum absolute atomic E-state index is 0.281. The summed E-state index contributed by atoms with van der Waals surface area (Å²) in [6.45, 7) is 5.85. The zero-order valence-electron chi connectivity index (χ0n) is 12.4. The Balaban J connectivity index is 2.78. The lowest BCUT2D eigenvalue weighted by Crippen LogP contribution is -2.47. The molecule has 1 rings (SSSR count). The van der Waals surface area contributed by atoms with Crippen LogP contribution in [0.1, 0.15) is 31.1 Å². The largest absolute Gasteiger partial charge is 0.493 e. The first-order chi connectivity index (χ1) is 9.81. The van der Waals surface area contributed by atoms with Crippen LogP contribution in [-0.4, -0.2) is 40.8 Å². The molecule has 6 heteroatoms. The molecule has 1 amide bonds. The van der Waals surface area contributed by atoms with Crippen molar-refractivity contribution in [1.82, 2.24) is 5.32 Å². The van der Waals surface area contributed by atoms with E-state index in [4.69, 9.17) is 9.84 Å². The normalized spacial score (nSPS) is 13.6. The van der Waals surface area contributed by atoms with E-state index in [0.29, 0.717) is 18.3 Å². The second kappa shape index (κ2) is 7.64. The number of ether oxygens (including phenoxy) is 1. The van der Waals surface area contributed by atoms with Crippen molar-refractivity contribution < 1.29 is 24.5 Å². The molecule has 0 saturated carbocycles. The minimum Gasteiger partial charge on any atom is -0.493 e. The number of carboxylic acids is 1. The molecule has 0 aliphatic carbocycles. The van der Waals surface area contributed by atoms with Gasteiger partial charge in [-0.2, -0.15) is 0 Å². The molecule has 0 heterocycles. The summed E-state index contributed by atoms with van der Waals surface area (Å²) < 4.78 is 5.51. The van der Waals surface area contributed by atoms with Crippen molar-refractivity contribution in [2.45, 2.75) is 32.9 Å². The summed E-state index contributed by atoms with van der Waals surface area (Å²) in [6, 6.07) is 5.13. The van der Waals surface area contributed by atoms with E-state index in [0.717, 1.165) is 0 Å². The maximum Gasteiger partial charge on any atom is 0.328 e. The number of aliphatic hydroxyl groups is 1. The highest BCUT2D eigenvalue weighted by Gasteiger charge is 2.25. The van der Waals surface area contributed by atoms with E-state index < -0.39 is 24.0 Å². The number of hydrogen-bond acceptors (Lipinski definition) is 4. The van der Waals surface area contributed by atoms with Crippen molar-refractivity contribution >= 4 is 11.9 Å². The molecule has 0 aromatic heterocycles. The Morgan fingerprint density at radius 3 is 2.48 bits per heavy atom. The van der Waals surface area contributed by atoms with Crippen molar-refractivity contribution in [3.05, 3.63) is 29.8 Å². The maximum absolute atomic E-state index is 12.0. The van der Waals surface area contributed by atoms with Crippen molar-refractivity contribution in [1.29, 1.82) is 0 Å². The molecule has 1 aromatic carbocycles. The summed E-state index contributed by atoms with van der Waals surface area (Å²) in [5.41, 5.74) is 0.281. The van der Waals surface area contributed by atoms with Crippen LogP contribution in [-0.2, 0) is 4.79 Å². The molecular formula is C15H21NO5. The monoisotopic (exact) mass is 295 g/mol. The Kier molecular flexibility index (Phi) is 6.17. The van der Waals surface area contributed by atoms with E-state index in [1.807, 2.05) is 13.8 Å². The van der Waals surface area contributed by atoms with Gasteiger partial charge in [0.25, 0.3) is 5.91 Å². The first-order valence-electron chi connectivity index (χ1n) is 6.76. The number of carbonyl (C=O) groups excluding carboxylic acids is 1. The summed E-state index contributed by atoms with van der Waals surface area (Å²) in [6.07, 6.45) is -1.19. The summed E-state index contributed by atoms with van der Waals surface area (Å²) in [7, 11) is 0. The van der Waals surface area contributed by atoms with Gasteiger partial charge in [-0.25, -0.2) is 4.79 Å². The summed E-state index contributed by atoms with van der Waals surface area (Å²) in [4.78, 5) is 23.0. The highest BCUT2D eigenvalue weighted by molar-refractivity contribution is 5.97. The molecule has 0 aliphatic heterocycles. The van der Waals surface area contributed by atoms with E-state index in [2.05, 4.69) is 5.32 Å². The molecule has 0 fully saturated rings. The lowest BCUT2D eigenvalue weighted by atomic mass is 10.1. The van der Waals surface area contributed by atoms with Crippen LogP contribution in [0.25, 0.3) is 0 Å². The van der Waals surface area contributed by atoms with Crippen LogP contribution < -0.4 is 10.1 Å². The van der Waals surface area contributed by atoms with Gasteiger partial charge in [-0.1, -0.05) is 19.9 Å². The van der Waals surface area contributed by atoms with Crippen LogP contribution in [0.4, 0.5) is 0 Å². The fraction of sp³-hybridized carbons (Fsp3) is 0.467. The zero-order valence-corrected chi connectivity index (χ0v) is 12.4. The van der Waals surface area contributed by atoms with Gasteiger partial charge in [-0.05, 0) is 31.0 Å². The standard InChI is InChI=1S/C15H21NO5/c1-9(2)8-21-12-6-4-5-11(7-12)14(18)16-13(10(3)17)15(19)20/h4-7,9-10,13,17H,8H2,1-3H3,(H,16,18)(H,19,20). The number of nitrogens with one attached hydrogen (secondary N) is 1. The van der Waals surface area contributed by atoms with Gasteiger partial charge in [-0.3, -0.25) is 4.79 Å². The third kappa shape index (κ3) is 5.43. The predicted molar refractivity (Wildman–Crippen MR) is 77.3 cm³/mol. The number of carboxylic acid groups (broad SMARTS) is 1. The van der Waals surface area contributed by atoms with Crippen molar-refractivity contribution in [3.8, 4) is 5.75 Å². The highest BCUT2D eigenvalue weighted by Crippen LogP contribution is 2.14. The van der Waals surface area contributed by atoms with Gasteiger partial charge in [-0.15, -0.1) is 0 Å². The lowest BCUT2D eigenvalue weighted by Gasteiger charge is -2.17. The minimum atomic E-state index is -1.35. The van der Waals surface area contributed by atoms with Crippen molar-refractivity contribution in [2.75, 3.05) is 6.61 Å².